The van der Waals surface area contributed by atoms with E-state index >= 15 is 0 Å². The summed E-state index contributed by atoms with van der Waals surface area (Å²) < 4.78 is 0. The van der Waals surface area contributed by atoms with E-state index in [1.54, 1.807) is 12.1 Å². The predicted molar refractivity (Wildman–Crippen MR) is 120 cm³/mol. The van der Waals surface area contributed by atoms with Crippen LogP contribution in [0.2, 0.25) is 0 Å². The van der Waals surface area contributed by atoms with Gasteiger partial charge < -0.3 is 10.4 Å². The standard InChI is InChI=1S/C25H43NO2/c1-2-3-4-5-6-7-8-9-10-11-12-13-14-18-21-24(22-27)26-25(28)23-19-16-15-17-20-23/h15-17,19-20,24,27H,2-14,18,21-22H2,1H3,(H,26,28)/t24-/m1/s1. The SMILES string of the molecule is CCCCCCCCCCCCCCCC[C@H](CO)NC(=O)c1ccccc1. The highest BCUT2D eigenvalue weighted by atomic mass is 16.3. The van der Waals surface area contributed by atoms with Gasteiger partial charge in [-0.2, -0.15) is 0 Å². The van der Waals surface area contributed by atoms with Gasteiger partial charge in [-0.25, -0.2) is 0 Å². The van der Waals surface area contributed by atoms with Crippen molar-refractivity contribution in [2.75, 3.05) is 6.61 Å². The van der Waals surface area contributed by atoms with Gasteiger partial charge in [0.15, 0.2) is 0 Å². The summed E-state index contributed by atoms with van der Waals surface area (Å²) in [6.45, 7) is 2.28. The van der Waals surface area contributed by atoms with Crippen molar-refractivity contribution in [3.63, 3.8) is 0 Å². The highest BCUT2D eigenvalue weighted by Crippen LogP contribution is 2.14. The summed E-state index contributed by atoms with van der Waals surface area (Å²) in [4.78, 5) is 12.1. The molecule has 2 N–H and O–H groups in total. The third-order valence-corrected chi connectivity index (χ3v) is 5.50. The van der Waals surface area contributed by atoms with Crippen LogP contribution in [0.4, 0.5) is 0 Å². The first-order valence-corrected chi connectivity index (χ1v) is 11.7. The van der Waals surface area contributed by atoms with Crippen LogP contribution in [0.25, 0.3) is 0 Å². The Morgan fingerprint density at radius 3 is 1.71 bits per heavy atom. The summed E-state index contributed by atoms with van der Waals surface area (Å²) in [5.41, 5.74) is 0.655. The van der Waals surface area contributed by atoms with E-state index in [2.05, 4.69) is 12.2 Å². The van der Waals surface area contributed by atoms with Gasteiger partial charge in [0.1, 0.15) is 0 Å². The third-order valence-electron chi connectivity index (χ3n) is 5.50. The first-order chi connectivity index (χ1) is 13.8. The molecule has 0 saturated carbocycles. The van der Waals surface area contributed by atoms with E-state index in [-0.39, 0.29) is 18.6 Å². The van der Waals surface area contributed by atoms with Gasteiger partial charge in [-0.1, -0.05) is 115 Å². The molecule has 0 aromatic heterocycles. The zero-order valence-corrected chi connectivity index (χ0v) is 18.1. The minimum Gasteiger partial charge on any atom is -0.394 e. The number of carbonyl (C=O) groups excluding carboxylic acids is 1. The molecule has 0 saturated heterocycles. The molecule has 0 aliphatic rings. The fourth-order valence-electron chi connectivity index (χ4n) is 3.65. The van der Waals surface area contributed by atoms with E-state index in [0.29, 0.717) is 5.56 Å². The third kappa shape index (κ3) is 12.9. The van der Waals surface area contributed by atoms with E-state index in [4.69, 9.17) is 0 Å². The van der Waals surface area contributed by atoms with Crippen LogP contribution in [-0.4, -0.2) is 23.7 Å². The quantitative estimate of drug-likeness (QED) is 0.276. The van der Waals surface area contributed by atoms with Crippen LogP contribution in [0.1, 0.15) is 114 Å². The number of benzene rings is 1. The maximum Gasteiger partial charge on any atom is 0.251 e. The smallest absolute Gasteiger partial charge is 0.251 e. The zero-order valence-electron chi connectivity index (χ0n) is 18.1. The Hall–Kier alpha value is -1.35. The minimum absolute atomic E-state index is 0.0109. The van der Waals surface area contributed by atoms with Gasteiger partial charge in [0.25, 0.3) is 5.91 Å². The van der Waals surface area contributed by atoms with Gasteiger partial charge in [0.05, 0.1) is 12.6 Å². The summed E-state index contributed by atoms with van der Waals surface area (Å²) in [7, 11) is 0. The molecule has 1 atom stereocenters. The van der Waals surface area contributed by atoms with Gasteiger partial charge in [-0.15, -0.1) is 0 Å². The predicted octanol–water partition coefficient (Wildman–Crippen LogP) is 6.65. The number of carbonyl (C=O) groups is 1. The summed E-state index contributed by atoms with van der Waals surface area (Å²) in [6, 6.07) is 9.08. The number of hydrogen-bond donors (Lipinski definition) is 2. The monoisotopic (exact) mass is 389 g/mol. The number of rotatable bonds is 18. The molecule has 0 aliphatic heterocycles. The normalized spacial score (nSPS) is 12.1. The van der Waals surface area contributed by atoms with E-state index in [1.807, 2.05) is 18.2 Å². The molecule has 1 amide bonds. The van der Waals surface area contributed by atoms with Crippen LogP contribution in [0, 0.1) is 0 Å². The van der Waals surface area contributed by atoms with E-state index in [0.717, 1.165) is 12.8 Å². The lowest BCUT2D eigenvalue weighted by Crippen LogP contribution is -2.37. The molecule has 0 radical (unpaired) electrons. The molecule has 0 bridgehead atoms. The van der Waals surface area contributed by atoms with Crippen molar-refractivity contribution < 1.29 is 9.90 Å². The van der Waals surface area contributed by atoms with Gasteiger partial charge >= 0.3 is 0 Å². The van der Waals surface area contributed by atoms with Gasteiger partial charge in [0.2, 0.25) is 0 Å². The van der Waals surface area contributed by atoms with Gasteiger partial charge in [-0.05, 0) is 18.6 Å². The van der Waals surface area contributed by atoms with Crippen LogP contribution >= 0.6 is 0 Å². The van der Waals surface area contributed by atoms with Gasteiger partial charge in [0, 0.05) is 5.56 Å². The average Bonchev–Trinajstić information content (AvgIpc) is 2.73. The molecular formula is C25H43NO2. The summed E-state index contributed by atoms with van der Waals surface area (Å²) >= 11 is 0. The van der Waals surface area contributed by atoms with Crippen molar-refractivity contribution in [3.8, 4) is 0 Å². The summed E-state index contributed by atoms with van der Waals surface area (Å²) in [5, 5.41) is 12.5. The largest absolute Gasteiger partial charge is 0.394 e. The van der Waals surface area contributed by atoms with Crippen molar-refractivity contribution in [2.45, 2.75) is 109 Å². The summed E-state index contributed by atoms with van der Waals surface area (Å²) in [6.07, 6.45) is 19.6. The van der Waals surface area contributed by atoms with E-state index < -0.39 is 0 Å². The molecule has 1 rings (SSSR count). The molecule has 160 valence electrons. The lowest BCUT2D eigenvalue weighted by molar-refractivity contribution is 0.0912. The topological polar surface area (TPSA) is 49.3 Å². The molecule has 1 aromatic rings. The van der Waals surface area contributed by atoms with Crippen LogP contribution in [0.15, 0.2) is 30.3 Å². The molecule has 0 heterocycles. The molecule has 3 nitrogen and oxygen atoms in total. The number of hydrogen-bond acceptors (Lipinski definition) is 2. The number of aliphatic hydroxyl groups excluding tert-OH is 1. The molecule has 3 heteroatoms. The first kappa shape index (κ1) is 24.7. The Labute approximate surface area is 173 Å². The van der Waals surface area contributed by atoms with E-state index in [9.17, 15) is 9.90 Å². The Morgan fingerprint density at radius 2 is 1.25 bits per heavy atom. The van der Waals surface area contributed by atoms with Crippen molar-refractivity contribution >= 4 is 5.91 Å². The second kappa shape index (κ2) is 17.7. The van der Waals surface area contributed by atoms with Crippen molar-refractivity contribution in [1.82, 2.24) is 5.32 Å². The molecular weight excluding hydrogens is 346 g/mol. The number of aliphatic hydroxyl groups is 1. The fraction of sp³-hybridized carbons (Fsp3) is 0.720. The lowest BCUT2D eigenvalue weighted by Gasteiger charge is -2.16. The molecule has 1 aromatic carbocycles. The van der Waals surface area contributed by atoms with Gasteiger partial charge in [-0.3, -0.25) is 4.79 Å². The van der Waals surface area contributed by atoms with Crippen LogP contribution in [-0.2, 0) is 0 Å². The maximum atomic E-state index is 12.1. The Morgan fingerprint density at radius 1 is 0.786 bits per heavy atom. The fourth-order valence-corrected chi connectivity index (χ4v) is 3.65. The Kier molecular flexibility index (Phi) is 15.6. The molecule has 0 spiro atoms. The lowest BCUT2D eigenvalue weighted by atomic mass is 10.0. The number of amides is 1. The molecule has 0 unspecified atom stereocenters. The first-order valence-electron chi connectivity index (χ1n) is 11.7. The highest BCUT2D eigenvalue weighted by Gasteiger charge is 2.12. The molecule has 0 fully saturated rings. The summed E-state index contributed by atoms with van der Waals surface area (Å²) in [5.74, 6) is -0.0926. The van der Waals surface area contributed by atoms with Crippen LogP contribution in [0.5, 0.6) is 0 Å². The van der Waals surface area contributed by atoms with Crippen LogP contribution < -0.4 is 5.32 Å². The second-order valence-corrected chi connectivity index (χ2v) is 8.10. The molecule has 28 heavy (non-hydrogen) atoms. The zero-order chi connectivity index (χ0) is 20.3. The van der Waals surface area contributed by atoms with Crippen molar-refractivity contribution in [2.24, 2.45) is 0 Å². The second-order valence-electron chi connectivity index (χ2n) is 8.10. The maximum absolute atomic E-state index is 12.1. The van der Waals surface area contributed by atoms with E-state index in [1.165, 1.54) is 83.5 Å². The number of unbranched alkanes of at least 4 members (excludes halogenated alkanes) is 13. The van der Waals surface area contributed by atoms with Crippen molar-refractivity contribution in [1.29, 1.82) is 0 Å². The van der Waals surface area contributed by atoms with Crippen molar-refractivity contribution in [3.05, 3.63) is 35.9 Å². The minimum atomic E-state index is -0.134. The highest BCUT2D eigenvalue weighted by molar-refractivity contribution is 5.94. The molecule has 0 aliphatic carbocycles. The Balaban J connectivity index is 1.92. The Bertz CT molecular complexity index is 475. The number of nitrogens with one attached hydrogen (secondary N) is 1. The van der Waals surface area contributed by atoms with Crippen LogP contribution in [0.3, 0.4) is 0 Å². The average molecular weight is 390 g/mol.